The third-order valence-electron chi connectivity index (χ3n) is 2.43. The van der Waals surface area contributed by atoms with Crippen molar-refractivity contribution in [2.45, 2.75) is 19.8 Å². The first-order valence-corrected chi connectivity index (χ1v) is 5.60. The van der Waals surface area contributed by atoms with Crippen LogP contribution >= 0.6 is 0 Å². The molecule has 0 N–H and O–H groups in total. The normalized spacial score (nSPS) is 10.1. The van der Waals surface area contributed by atoms with Crippen molar-refractivity contribution in [2.75, 3.05) is 20.7 Å². The van der Waals surface area contributed by atoms with Crippen LogP contribution in [0, 0.1) is 12.7 Å². The van der Waals surface area contributed by atoms with E-state index < -0.39 is 0 Å². The Kier molecular flexibility index (Phi) is 4.94. The van der Waals surface area contributed by atoms with Gasteiger partial charge in [0.1, 0.15) is 11.6 Å². The van der Waals surface area contributed by atoms with Crippen molar-refractivity contribution < 1.29 is 13.9 Å². The fourth-order valence-electron chi connectivity index (χ4n) is 1.40. The van der Waals surface area contributed by atoms with Crippen LogP contribution in [0.3, 0.4) is 0 Å². The van der Waals surface area contributed by atoms with Crippen molar-refractivity contribution in [1.82, 2.24) is 4.90 Å². The first-order valence-electron chi connectivity index (χ1n) is 5.60. The second-order valence-corrected chi connectivity index (χ2v) is 4.15. The third-order valence-corrected chi connectivity index (χ3v) is 2.43. The van der Waals surface area contributed by atoms with Crippen molar-refractivity contribution in [3.63, 3.8) is 0 Å². The van der Waals surface area contributed by atoms with Crippen LogP contribution in [-0.2, 0) is 4.79 Å². The molecule has 0 aliphatic carbocycles. The number of ether oxygens (including phenoxy) is 1. The molecule has 4 heteroatoms. The molecule has 0 bridgehead atoms. The zero-order valence-electron chi connectivity index (χ0n) is 10.5. The van der Waals surface area contributed by atoms with Crippen LogP contribution < -0.4 is 4.74 Å². The highest BCUT2D eigenvalue weighted by Crippen LogP contribution is 2.18. The molecule has 17 heavy (non-hydrogen) atoms. The van der Waals surface area contributed by atoms with Crippen LogP contribution in [0.5, 0.6) is 5.75 Å². The molecule has 0 saturated heterocycles. The number of hydrogen-bond acceptors (Lipinski definition) is 2. The van der Waals surface area contributed by atoms with Gasteiger partial charge in [-0.25, -0.2) is 4.39 Å². The van der Waals surface area contributed by atoms with E-state index in [-0.39, 0.29) is 11.7 Å². The number of carbonyl (C=O) groups is 1. The van der Waals surface area contributed by atoms with Crippen LogP contribution in [-0.4, -0.2) is 31.5 Å². The van der Waals surface area contributed by atoms with Crippen molar-refractivity contribution >= 4 is 5.91 Å². The molecule has 1 amide bonds. The molecule has 1 aromatic carbocycles. The third kappa shape index (κ3) is 4.43. The van der Waals surface area contributed by atoms with Crippen LogP contribution in [0.2, 0.25) is 0 Å². The van der Waals surface area contributed by atoms with Crippen LogP contribution in [0.25, 0.3) is 0 Å². The summed E-state index contributed by atoms with van der Waals surface area (Å²) in [7, 11) is 3.46. The molecular weight excluding hydrogens is 221 g/mol. The van der Waals surface area contributed by atoms with E-state index in [0.717, 1.165) is 5.56 Å². The molecule has 0 aliphatic rings. The van der Waals surface area contributed by atoms with Crippen molar-refractivity contribution in [3.8, 4) is 5.75 Å². The summed E-state index contributed by atoms with van der Waals surface area (Å²) in [5.74, 6) is 0.491. The van der Waals surface area contributed by atoms with E-state index in [9.17, 15) is 9.18 Å². The standard InChI is InChI=1S/C13H18FNO2/c1-10-9-11(14)6-7-12(10)17-8-4-5-13(16)15(2)3/h6-7,9H,4-5,8H2,1-3H3. The van der Waals surface area contributed by atoms with Gasteiger partial charge in [-0.3, -0.25) is 4.79 Å². The quantitative estimate of drug-likeness (QED) is 0.738. The number of amides is 1. The highest BCUT2D eigenvalue weighted by molar-refractivity contribution is 5.75. The molecule has 0 atom stereocenters. The van der Waals surface area contributed by atoms with Gasteiger partial charge in [0.05, 0.1) is 6.61 Å². The predicted octanol–water partition coefficient (Wildman–Crippen LogP) is 2.38. The number of rotatable bonds is 5. The summed E-state index contributed by atoms with van der Waals surface area (Å²) < 4.78 is 18.3. The fraction of sp³-hybridized carbons (Fsp3) is 0.462. The highest BCUT2D eigenvalue weighted by atomic mass is 19.1. The largest absolute Gasteiger partial charge is 0.493 e. The number of aryl methyl sites for hydroxylation is 1. The zero-order chi connectivity index (χ0) is 12.8. The van der Waals surface area contributed by atoms with Crippen molar-refractivity contribution in [2.24, 2.45) is 0 Å². The van der Waals surface area contributed by atoms with Gasteiger partial charge < -0.3 is 9.64 Å². The number of halogens is 1. The van der Waals surface area contributed by atoms with Gasteiger partial charge in [0.2, 0.25) is 5.91 Å². The molecular formula is C13H18FNO2. The SMILES string of the molecule is Cc1cc(F)ccc1OCCCC(=O)N(C)C. The maximum atomic E-state index is 12.8. The van der Waals surface area contributed by atoms with Gasteiger partial charge in [0.15, 0.2) is 0 Å². The molecule has 0 fully saturated rings. The van der Waals surface area contributed by atoms with Gasteiger partial charge in [-0.2, -0.15) is 0 Å². The van der Waals surface area contributed by atoms with E-state index in [1.807, 2.05) is 0 Å². The van der Waals surface area contributed by atoms with E-state index in [2.05, 4.69) is 0 Å². The molecule has 1 aromatic rings. The molecule has 94 valence electrons. The Labute approximate surface area is 101 Å². The Morgan fingerprint density at radius 3 is 2.71 bits per heavy atom. The molecule has 0 saturated carbocycles. The molecule has 0 aromatic heterocycles. The Morgan fingerprint density at radius 2 is 2.12 bits per heavy atom. The number of carbonyl (C=O) groups excluding carboxylic acids is 1. The van der Waals surface area contributed by atoms with Crippen LogP contribution in [0.1, 0.15) is 18.4 Å². The second kappa shape index (κ2) is 6.23. The molecule has 3 nitrogen and oxygen atoms in total. The number of benzene rings is 1. The fourth-order valence-corrected chi connectivity index (χ4v) is 1.40. The number of nitrogens with zero attached hydrogens (tertiary/aromatic N) is 1. The lowest BCUT2D eigenvalue weighted by atomic mass is 10.2. The van der Waals surface area contributed by atoms with Gasteiger partial charge in [0.25, 0.3) is 0 Å². The minimum Gasteiger partial charge on any atom is -0.493 e. The van der Waals surface area contributed by atoms with E-state index in [1.165, 1.54) is 12.1 Å². The van der Waals surface area contributed by atoms with Crippen LogP contribution in [0.4, 0.5) is 4.39 Å². The summed E-state index contributed by atoms with van der Waals surface area (Å²) in [6, 6.07) is 4.41. The van der Waals surface area contributed by atoms with Gasteiger partial charge in [-0.05, 0) is 37.1 Å². The monoisotopic (exact) mass is 239 g/mol. The lowest BCUT2D eigenvalue weighted by Crippen LogP contribution is -2.21. The van der Waals surface area contributed by atoms with Gasteiger partial charge in [-0.1, -0.05) is 0 Å². The summed E-state index contributed by atoms with van der Waals surface area (Å²) in [4.78, 5) is 12.8. The predicted molar refractivity (Wildman–Crippen MR) is 64.6 cm³/mol. The minimum atomic E-state index is -0.266. The molecule has 0 spiro atoms. The molecule has 0 aliphatic heterocycles. The highest BCUT2D eigenvalue weighted by Gasteiger charge is 2.04. The minimum absolute atomic E-state index is 0.0874. The molecule has 0 unspecified atom stereocenters. The zero-order valence-corrected chi connectivity index (χ0v) is 10.5. The molecule has 0 radical (unpaired) electrons. The Bertz CT molecular complexity index is 391. The summed E-state index contributed by atoms with van der Waals surface area (Å²) in [5, 5.41) is 0. The average Bonchev–Trinajstić information content (AvgIpc) is 2.26. The van der Waals surface area contributed by atoms with E-state index in [1.54, 1.807) is 32.0 Å². The van der Waals surface area contributed by atoms with E-state index >= 15 is 0 Å². The van der Waals surface area contributed by atoms with Crippen molar-refractivity contribution in [1.29, 1.82) is 0 Å². The Balaban J connectivity index is 2.34. The summed E-state index contributed by atoms with van der Waals surface area (Å²) >= 11 is 0. The van der Waals surface area contributed by atoms with E-state index in [0.29, 0.717) is 25.2 Å². The summed E-state index contributed by atoms with van der Waals surface area (Å²) in [6.45, 7) is 2.26. The van der Waals surface area contributed by atoms with Crippen molar-refractivity contribution in [3.05, 3.63) is 29.6 Å². The summed E-state index contributed by atoms with van der Waals surface area (Å²) in [5.41, 5.74) is 0.768. The van der Waals surface area contributed by atoms with Gasteiger partial charge in [-0.15, -0.1) is 0 Å². The lowest BCUT2D eigenvalue weighted by molar-refractivity contribution is -0.128. The smallest absolute Gasteiger partial charge is 0.222 e. The lowest BCUT2D eigenvalue weighted by Gasteiger charge is -2.11. The topological polar surface area (TPSA) is 29.5 Å². The molecule has 0 heterocycles. The molecule has 1 rings (SSSR count). The van der Waals surface area contributed by atoms with Crippen LogP contribution in [0.15, 0.2) is 18.2 Å². The first kappa shape index (κ1) is 13.5. The van der Waals surface area contributed by atoms with Gasteiger partial charge >= 0.3 is 0 Å². The maximum absolute atomic E-state index is 12.8. The summed E-state index contributed by atoms with van der Waals surface area (Å²) in [6.07, 6.45) is 1.13. The van der Waals surface area contributed by atoms with Gasteiger partial charge in [0, 0.05) is 20.5 Å². The average molecular weight is 239 g/mol. The number of hydrogen-bond donors (Lipinski definition) is 0. The Morgan fingerprint density at radius 1 is 1.41 bits per heavy atom. The first-order chi connectivity index (χ1) is 8.00. The maximum Gasteiger partial charge on any atom is 0.222 e. The Hall–Kier alpha value is -1.58. The van der Waals surface area contributed by atoms with E-state index in [4.69, 9.17) is 4.74 Å². The second-order valence-electron chi connectivity index (χ2n) is 4.15.